The van der Waals surface area contributed by atoms with Gasteiger partial charge in [0.05, 0.1) is 6.42 Å². The minimum Gasteiger partial charge on any atom is -0.477 e. The summed E-state index contributed by atoms with van der Waals surface area (Å²) in [5, 5.41) is 16.3. The largest absolute Gasteiger partial charge is 0.477 e. The molecule has 3 rings (SSSR count). The predicted octanol–water partition coefficient (Wildman–Crippen LogP) is 2.34. The van der Waals surface area contributed by atoms with Crippen LogP contribution < -0.4 is 5.32 Å². The van der Waals surface area contributed by atoms with Crippen LogP contribution in [0.3, 0.4) is 0 Å². The van der Waals surface area contributed by atoms with E-state index in [1.807, 2.05) is 0 Å². The summed E-state index contributed by atoms with van der Waals surface area (Å²) < 4.78 is 4.87. The van der Waals surface area contributed by atoms with Gasteiger partial charge in [0.15, 0.2) is 5.82 Å². The van der Waals surface area contributed by atoms with Crippen molar-refractivity contribution in [3.05, 3.63) is 47.3 Å². The van der Waals surface area contributed by atoms with Crippen LogP contribution in [-0.2, 0) is 11.2 Å². The lowest BCUT2D eigenvalue weighted by Crippen LogP contribution is -2.16. The van der Waals surface area contributed by atoms with Crippen molar-refractivity contribution in [2.24, 2.45) is 0 Å². The number of para-hydroxylation sites is 1. The van der Waals surface area contributed by atoms with Gasteiger partial charge in [-0.2, -0.15) is 0 Å². The SMILES string of the molecule is Cc1cc(NC(=O)Cc2c(C(=O)O)[nH]c3ccccc23)no1. The van der Waals surface area contributed by atoms with Crippen molar-refractivity contribution >= 4 is 28.6 Å². The maximum Gasteiger partial charge on any atom is 0.352 e. The van der Waals surface area contributed by atoms with E-state index >= 15 is 0 Å². The summed E-state index contributed by atoms with van der Waals surface area (Å²) in [6.07, 6.45) is -0.0719. The van der Waals surface area contributed by atoms with E-state index in [4.69, 9.17) is 4.52 Å². The van der Waals surface area contributed by atoms with Gasteiger partial charge in [-0.1, -0.05) is 23.4 Å². The second kappa shape index (κ2) is 5.36. The average Bonchev–Trinajstić information content (AvgIpc) is 3.03. The van der Waals surface area contributed by atoms with E-state index in [0.717, 1.165) is 0 Å². The Morgan fingerprint density at radius 2 is 2.14 bits per heavy atom. The average molecular weight is 299 g/mol. The number of carbonyl (C=O) groups is 2. The summed E-state index contributed by atoms with van der Waals surface area (Å²) in [5.41, 5.74) is 1.15. The molecule has 112 valence electrons. The number of nitrogens with one attached hydrogen (secondary N) is 2. The molecule has 0 aliphatic carbocycles. The number of anilines is 1. The number of nitrogens with zero attached hydrogens (tertiary/aromatic N) is 1. The molecule has 0 fully saturated rings. The number of fused-ring (bicyclic) bond motifs is 1. The van der Waals surface area contributed by atoms with Gasteiger partial charge in [-0.15, -0.1) is 0 Å². The number of rotatable bonds is 4. The zero-order chi connectivity index (χ0) is 15.7. The first-order valence-corrected chi connectivity index (χ1v) is 6.60. The molecular weight excluding hydrogens is 286 g/mol. The van der Waals surface area contributed by atoms with E-state index in [2.05, 4.69) is 15.5 Å². The minimum atomic E-state index is -1.10. The fraction of sp³-hybridized carbons (Fsp3) is 0.133. The molecular formula is C15H13N3O4. The standard InChI is InChI=1S/C15H13N3O4/c1-8-6-12(18-22-8)17-13(19)7-10-9-4-2-3-5-11(9)16-14(10)15(20)21/h2-6,16H,7H2,1H3,(H,20,21)(H,17,18,19). The lowest BCUT2D eigenvalue weighted by molar-refractivity contribution is -0.115. The maximum atomic E-state index is 12.1. The van der Waals surface area contributed by atoms with Crippen LogP contribution in [-0.4, -0.2) is 27.1 Å². The molecule has 7 heteroatoms. The molecule has 1 amide bonds. The van der Waals surface area contributed by atoms with Crippen molar-refractivity contribution in [2.45, 2.75) is 13.3 Å². The molecule has 0 saturated heterocycles. The number of carboxylic acid groups (broad SMARTS) is 1. The van der Waals surface area contributed by atoms with Gasteiger partial charge >= 0.3 is 5.97 Å². The summed E-state index contributed by atoms with van der Waals surface area (Å²) in [5.74, 6) is -0.579. The first-order valence-electron chi connectivity index (χ1n) is 6.60. The topological polar surface area (TPSA) is 108 Å². The first-order chi connectivity index (χ1) is 10.5. The molecule has 0 spiro atoms. The number of aromatic nitrogens is 2. The second-order valence-corrected chi connectivity index (χ2v) is 4.88. The maximum absolute atomic E-state index is 12.1. The van der Waals surface area contributed by atoms with Crippen LogP contribution in [0.2, 0.25) is 0 Å². The van der Waals surface area contributed by atoms with E-state index in [0.29, 0.717) is 28.0 Å². The number of hydrogen-bond donors (Lipinski definition) is 3. The van der Waals surface area contributed by atoms with Crippen LogP contribution in [0, 0.1) is 6.92 Å². The van der Waals surface area contributed by atoms with Crippen molar-refractivity contribution in [3.63, 3.8) is 0 Å². The highest BCUT2D eigenvalue weighted by Crippen LogP contribution is 2.23. The van der Waals surface area contributed by atoms with E-state index in [1.54, 1.807) is 37.3 Å². The molecule has 0 atom stereocenters. The number of aryl methyl sites for hydroxylation is 1. The molecule has 7 nitrogen and oxygen atoms in total. The summed E-state index contributed by atoms with van der Waals surface area (Å²) >= 11 is 0. The first kappa shape index (κ1) is 13.9. The highest BCUT2D eigenvalue weighted by molar-refractivity contribution is 6.02. The molecule has 3 N–H and O–H groups in total. The summed E-state index contributed by atoms with van der Waals surface area (Å²) in [4.78, 5) is 26.3. The zero-order valence-electron chi connectivity index (χ0n) is 11.7. The van der Waals surface area contributed by atoms with Gasteiger partial charge in [-0.25, -0.2) is 4.79 Å². The van der Waals surface area contributed by atoms with Gasteiger partial charge in [0.25, 0.3) is 0 Å². The Morgan fingerprint density at radius 3 is 2.82 bits per heavy atom. The quantitative estimate of drug-likeness (QED) is 0.685. The van der Waals surface area contributed by atoms with E-state index in [9.17, 15) is 14.7 Å². The number of carboxylic acids is 1. The fourth-order valence-electron chi connectivity index (χ4n) is 2.34. The van der Waals surface area contributed by atoms with Crippen molar-refractivity contribution in [1.29, 1.82) is 0 Å². The molecule has 0 aliphatic heterocycles. The minimum absolute atomic E-state index is 0.0210. The third-order valence-electron chi connectivity index (χ3n) is 3.26. The van der Waals surface area contributed by atoms with Crippen molar-refractivity contribution in [1.82, 2.24) is 10.1 Å². The van der Waals surface area contributed by atoms with Gasteiger partial charge in [0.2, 0.25) is 5.91 Å². The van der Waals surface area contributed by atoms with Crippen molar-refractivity contribution in [3.8, 4) is 0 Å². The van der Waals surface area contributed by atoms with Gasteiger partial charge < -0.3 is 19.9 Å². The van der Waals surface area contributed by atoms with Gasteiger partial charge in [0, 0.05) is 22.5 Å². The normalized spacial score (nSPS) is 10.8. The van der Waals surface area contributed by atoms with Crippen LogP contribution in [0.5, 0.6) is 0 Å². The molecule has 3 aromatic rings. The highest BCUT2D eigenvalue weighted by Gasteiger charge is 2.19. The summed E-state index contributed by atoms with van der Waals surface area (Å²) in [7, 11) is 0. The van der Waals surface area contributed by atoms with Crippen LogP contribution in [0.1, 0.15) is 21.8 Å². The number of amides is 1. The Morgan fingerprint density at radius 1 is 1.36 bits per heavy atom. The Hall–Kier alpha value is -3.09. The van der Waals surface area contributed by atoms with E-state index in [1.165, 1.54) is 0 Å². The lowest BCUT2D eigenvalue weighted by atomic mass is 10.1. The van der Waals surface area contributed by atoms with Gasteiger partial charge in [0.1, 0.15) is 11.5 Å². The molecule has 0 radical (unpaired) electrons. The fourth-order valence-corrected chi connectivity index (χ4v) is 2.34. The van der Waals surface area contributed by atoms with Crippen LogP contribution in [0.4, 0.5) is 5.82 Å². The molecule has 0 bridgehead atoms. The van der Waals surface area contributed by atoms with Crippen LogP contribution >= 0.6 is 0 Å². The number of benzene rings is 1. The Labute approximate surface area is 124 Å². The van der Waals surface area contributed by atoms with Gasteiger partial charge in [-0.3, -0.25) is 4.79 Å². The van der Waals surface area contributed by atoms with Crippen LogP contribution in [0.15, 0.2) is 34.9 Å². The molecule has 2 heterocycles. The number of H-pyrrole nitrogens is 1. The molecule has 0 aliphatic rings. The smallest absolute Gasteiger partial charge is 0.352 e. The summed E-state index contributed by atoms with van der Waals surface area (Å²) in [6, 6.07) is 8.73. The lowest BCUT2D eigenvalue weighted by Gasteiger charge is -2.02. The zero-order valence-corrected chi connectivity index (χ0v) is 11.7. The third-order valence-corrected chi connectivity index (χ3v) is 3.26. The molecule has 1 aromatic carbocycles. The molecule has 2 aromatic heterocycles. The summed E-state index contributed by atoms with van der Waals surface area (Å²) in [6.45, 7) is 1.71. The molecule has 0 unspecified atom stereocenters. The third kappa shape index (κ3) is 2.56. The second-order valence-electron chi connectivity index (χ2n) is 4.88. The van der Waals surface area contributed by atoms with E-state index < -0.39 is 5.97 Å². The van der Waals surface area contributed by atoms with Crippen LogP contribution in [0.25, 0.3) is 10.9 Å². The molecule has 22 heavy (non-hydrogen) atoms. The van der Waals surface area contributed by atoms with Gasteiger partial charge in [-0.05, 0) is 13.0 Å². The molecule has 0 saturated carbocycles. The predicted molar refractivity (Wildman–Crippen MR) is 78.8 cm³/mol. The monoisotopic (exact) mass is 299 g/mol. The Bertz CT molecular complexity index is 863. The number of aromatic carboxylic acids is 1. The number of carbonyl (C=O) groups excluding carboxylic acids is 1. The van der Waals surface area contributed by atoms with Crippen molar-refractivity contribution in [2.75, 3.05) is 5.32 Å². The number of hydrogen-bond acceptors (Lipinski definition) is 4. The number of aromatic amines is 1. The highest BCUT2D eigenvalue weighted by atomic mass is 16.5. The van der Waals surface area contributed by atoms with E-state index in [-0.39, 0.29) is 18.0 Å². The Kier molecular flexibility index (Phi) is 3.38. The van der Waals surface area contributed by atoms with Crippen molar-refractivity contribution < 1.29 is 19.2 Å². The Balaban J connectivity index is 1.90.